The van der Waals surface area contributed by atoms with Crippen LogP contribution in [0.25, 0.3) is 0 Å². The molecule has 0 aromatic rings. The molecule has 0 saturated carbocycles. The van der Waals surface area contributed by atoms with Crippen molar-refractivity contribution in [3.63, 3.8) is 0 Å². The Morgan fingerprint density at radius 3 is 1.87 bits per heavy atom. The van der Waals surface area contributed by atoms with Crippen LogP contribution < -0.4 is 0 Å². The zero-order valence-corrected chi connectivity index (χ0v) is 28.5. The van der Waals surface area contributed by atoms with Crippen molar-refractivity contribution in [2.75, 3.05) is 0 Å². The molecule has 0 aromatic carbocycles. The second-order valence-electron chi connectivity index (χ2n) is 14.2. The van der Waals surface area contributed by atoms with Crippen LogP contribution in [0.3, 0.4) is 0 Å². The van der Waals surface area contributed by atoms with E-state index in [1.54, 1.807) is 0 Å². The van der Waals surface area contributed by atoms with Gasteiger partial charge in [0.25, 0.3) is 0 Å². The number of cyclic esters (lactones) is 1. The van der Waals surface area contributed by atoms with E-state index in [9.17, 15) is 25.2 Å². The van der Waals surface area contributed by atoms with Crippen LogP contribution in [0, 0.1) is 0 Å². The van der Waals surface area contributed by atoms with Crippen molar-refractivity contribution >= 4 is 5.97 Å². The number of aliphatic hydroxyl groups excluding tert-OH is 4. The average Bonchev–Trinajstić information content (AvgIpc) is 3.77. The Hall–Kier alpha value is -1.03. The number of hydrogen-bond donors (Lipinski definition) is 4. The summed E-state index contributed by atoms with van der Waals surface area (Å²) in [5, 5.41) is 42.3. The van der Waals surface area contributed by atoms with Crippen LogP contribution in [0.15, 0.2) is 11.6 Å². The normalized spacial score (nSPS) is 27.8. The lowest BCUT2D eigenvalue weighted by atomic mass is 9.98. The molecule has 4 N–H and O–H groups in total. The smallest absolute Gasteiger partial charge is 0.334 e. The maximum atomic E-state index is 11.7. The third kappa shape index (κ3) is 14.7. The number of rotatable bonds is 25. The van der Waals surface area contributed by atoms with E-state index in [0.29, 0.717) is 25.7 Å². The van der Waals surface area contributed by atoms with Crippen LogP contribution >= 0.6 is 0 Å². The number of carbonyl (C=O) groups excluding carboxylic acids is 1. The Labute approximate surface area is 273 Å². The molecule has 0 spiro atoms. The predicted octanol–water partition coefficient (Wildman–Crippen LogP) is 6.83. The van der Waals surface area contributed by atoms with E-state index in [-0.39, 0.29) is 42.6 Å². The fourth-order valence-electron chi connectivity index (χ4n) is 7.28. The minimum Gasteiger partial charge on any atom is -0.455 e. The molecule has 262 valence electrons. The van der Waals surface area contributed by atoms with Crippen LogP contribution in [-0.4, -0.2) is 81.3 Å². The lowest BCUT2D eigenvalue weighted by Gasteiger charge is -2.24. The summed E-state index contributed by atoms with van der Waals surface area (Å²) in [7, 11) is 0. The third-order valence-electron chi connectivity index (χ3n) is 10.2. The first-order chi connectivity index (χ1) is 21.8. The molecule has 3 heterocycles. The van der Waals surface area contributed by atoms with Crippen molar-refractivity contribution < 1.29 is 39.4 Å². The Morgan fingerprint density at radius 1 is 0.667 bits per heavy atom. The van der Waals surface area contributed by atoms with E-state index in [2.05, 4.69) is 6.92 Å². The van der Waals surface area contributed by atoms with E-state index >= 15 is 0 Å². The first-order valence-corrected chi connectivity index (χ1v) is 18.7. The van der Waals surface area contributed by atoms with Crippen LogP contribution in [0.2, 0.25) is 0 Å². The fourth-order valence-corrected chi connectivity index (χ4v) is 7.28. The Bertz CT molecular complexity index is 833. The Morgan fingerprint density at radius 2 is 1.22 bits per heavy atom. The van der Waals surface area contributed by atoms with E-state index in [1.807, 2.05) is 13.0 Å². The highest BCUT2D eigenvalue weighted by Crippen LogP contribution is 2.31. The van der Waals surface area contributed by atoms with Gasteiger partial charge in [-0.1, -0.05) is 71.1 Å². The van der Waals surface area contributed by atoms with E-state index in [1.165, 1.54) is 44.9 Å². The van der Waals surface area contributed by atoms with Crippen molar-refractivity contribution in [2.24, 2.45) is 0 Å². The molecule has 1 unspecified atom stereocenters. The summed E-state index contributed by atoms with van der Waals surface area (Å²) in [5.74, 6) is -0.138. The second kappa shape index (κ2) is 21.8. The third-order valence-corrected chi connectivity index (χ3v) is 10.2. The van der Waals surface area contributed by atoms with Gasteiger partial charge in [-0.2, -0.15) is 0 Å². The Kier molecular flexibility index (Phi) is 18.6. The molecular formula is C37H66O8. The van der Waals surface area contributed by atoms with Gasteiger partial charge >= 0.3 is 5.97 Å². The summed E-state index contributed by atoms with van der Waals surface area (Å²) in [6.45, 7) is 4.09. The highest BCUT2D eigenvalue weighted by atomic mass is 16.5. The number of aliphatic hydroxyl groups is 4. The lowest BCUT2D eigenvalue weighted by molar-refractivity contribution is -0.139. The molecular weight excluding hydrogens is 572 g/mol. The molecule has 8 heteroatoms. The van der Waals surface area contributed by atoms with E-state index < -0.39 is 18.3 Å². The Balaban J connectivity index is 1.16. The van der Waals surface area contributed by atoms with Crippen LogP contribution in [0.4, 0.5) is 0 Å². The van der Waals surface area contributed by atoms with E-state index in [0.717, 1.165) is 82.6 Å². The molecule has 2 saturated heterocycles. The summed E-state index contributed by atoms with van der Waals surface area (Å²) in [5.41, 5.74) is 0.846. The number of ether oxygens (including phenoxy) is 3. The minimum absolute atomic E-state index is 0.0675. The molecule has 0 radical (unpaired) electrons. The highest BCUT2D eigenvalue weighted by molar-refractivity contribution is 5.90. The van der Waals surface area contributed by atoms with Gasteiger partial charge in [-0.25, -0.2) is 4.79 Å². The number of hydrogen-bond acceptors (Lipinski definition) is 8. The van der Waals surface area contributed by atoms with Crippen LogP contribution in [-0.2, 0) is 19.0 Å². The van der Waals surface area contributed by atoms with Crippen molar-refractivity contribution in [3.05, 3.63) is 11.6 Å². The summed E-state index contributed by atoms with van der Waals surface area (Å²) in [6.07, 6.45) is 21.2. The first kappa shape index (κ1) is 38.4. The predicted molar refractivity (Wildman–Crippen MR) is 177 cm³/mol. The number of carbonyl (C=O) groups is 1. The zero-order valence-electron chi connectivity index (χ0n) is 28.5. The molecule has 0 aromatic heterocycles. The standard InChI is InChI=1S/C37H66O8/c1-3-4-5-12-16-29(38)17-14-19-31(39)35-24-25-36(45-35)33(41)22-21-32(40)34-23-20-30(44-34)18-13-10-8-6-7-9-11-15-28-26-27(2)43-37(28)42/h26-27,29-36,38-41H,3-25H2,1-2H3/t27-,29?,30-,31-,32+,33-,34-,35+,36+/m1/s1. The molecule has 8 nitrogen and oxygen atoms in total. The van der Waals surface area contributed by atoms with E-state index in [4.69, 9.17) is 14.2 Å². The molecule has 0 bridgehead atoms. The number of esters is 1. The number of unbranched alkanes of at least 4 members (excludes halogenated alkanes) is 9. The van der Waals surface area contributed by atoms with Gasteiger partial charge in [0.2, 0.25) is 0 Å². The van der Waals surface area contributed by atoms with Crippen molar-refractivity contribution in [2.45, 2.75) is 216 Å². The summed E-state index contributed by atoms with van der Waals surface area (Å²) in [6, 6.07) is 0. The second-order valence-corrected chi connectivity index (χ2v) is 14.2. The maximum Gasteiger partial charge on any atom is 0.334 e. The molecule has 3 rings (SSSR count). The van der Waals surface area contributed by atoms with Crippen molar-refractivity contribution in [3.8, 4) is 0 Å². The molecule has 9 atom stereocenters. The van der Waals surface area contributed by atoms with Crippen LogP contribution in [0.5, 0.6) is 0 Å². The van der Waals surface area contributed by atoms with Gasteiger partial charge in [0.15, 0.2) is 0 Å². The first-order valence-electron chi connectivity index (χ1n) is 18.7. The van der Waals surface area contributed by atoms with Gasteiger partial charge in [0, 0.05) is 5.57 Å². The summed E-state index contributed by atoms with van der Waals surface area (Å²) in [4.78, 5) is 11.7. The van der Waals surface area contributed by atoms with Crippen molar-refractivity contribution in [1.29, 1.82) is 0 Å². The van der Waals surface area contributed by atoms with Gasteiger partial charge in [-0.15, -0.1) is 0 Å². The SMILES string of the molecule is CCCCCCC(O)CCC[C@@H](O)[C@@H]1CC[C@@H]([C@H](O)CC[C@H](O)[C@H]2CC[C@@H](CCCCCCCCCC3=C[C@@H](C)OC3=O)O2)O1. The quantitative estimate of drug-likeness (QED) is 0.0634. The van der Waals surface area contributed by atoms with Gasteiger partial charge < -0.3 is 34.6 Å². The molecule has 0 amide bonds. The highest BCUT2D eigenvalue weighted by Gasteiger charge is 2.36. The van der Waals surface area contributed by atoms with Gasteiger partial charge in [-0.05, 0) is 96.5 Å². The maximum absolute atomic E-state index is 11.7. The molecule has 45 heavy (non-hydrogen) atoms. The molecule has 2 fully saturated rings. The zero-order chi connectivity index (χ0) is 32.4. The topological polar surface area (TPSA) is 126 Å². The fraction of sp³-hybridized carbons (Fsp3) is 0.919. The minimum atomic E-state index is -0.654. The lowest BCUT2D eigenvalue weighted by Crippen LogP contribution is -2.33. The summed E-state index contributed by atoms with van der Waals surface area (Å²) < 4.78 is 17.4. The molecule has 3 aliphatic rings. The molecule has 3 aliphatic heterocycles. The van der Waals surface area contributed by atoms with Gasteiger partial charge in [0.1, 0.15) is 6.10 Å². The van der Waals surface area contributed by atoms with Crippen LogP contribution in [0.1, 0.15) is 162 Å². The van der Waals surface area contributed by atoms with Gasteiger partial charge in [-0.3, -0.25) is 0 Å². The van der Waals surface area contributed by atoms with Gasteiger partial charge in [0.05, 0.1) is 48.8 Å². The van der Waals surface area contributed by atoms with Crippen molar-refractivity contribution in [1.82, 2.24) is 0 Å². The average molecular weight is 639 g/mol. The largest absolute Gasteiger partial charge is 0.455 e. The monoisotopic (exact) mass is 638 g/mol. The molecule has 0 aliphatic carbocycles. The summed E-state index contributed by atoms with van der Waals surface area (Å²) >= 11 is 0.